The van der Waals surface area contributed by atoms with Crippen LogP contribution in [-0.2, 0) is 4.79 Å². The number of aryl methyl sites for hydroxylation is 1. The quantitative estimate of drug-likeness (QED) is 0.272. The molecule has 0 fully saturated rings. The average molecular weight is 448 g/mol. The number of carboxylic acid groups (broad SMARTS) is 1. The van der Waals surface area contributed by atoms with E-state index >= 15 is 0 Å². The number of phenolic OH excluding ortho intramolecular Hbond substituents is 1. The Morgan fingerprint density at radius 3 is 2.47 bits per heavy atom. The Bertz CT molecular complexity index is 1370. The van der Waals surface area contributed by atoms with E-state index in [2.05, 4.69) is 0 Å². The van der Waals surface area contributed by atoms with Gasteiger partial charge in [0.15, 0.2) is 5.75 Å². The molecule has 4 rings (SSSR count). The third kappa shape index (κ3) is 4.38. The monoisotopic (exact) mass is 448 g/mol. The molecule has 1 aromatic heterocycles. The summed E-state index contributed by atoms with van der Waals surface area (Å²) in [6.45, 7) is 1.67. The number of ketones is 1. The number of rotatable bonds is 6. The molecule has 4 aromatic rings. The van der Waals surface area contributed by atoms with Crippen LogP contribution in [0.4, 0.5) is 4.39 Å². The summed E-state index contributed by atoms with van der Waals surface area (Å²) < 4.78 is 20.3. The van der Waals surface area contributed by atoms with Gasteiger partial charge in [0.2, 0.25) is 5.78 Å². The van der Waals surface area contributed by atoms with E-state index in [9.17, 15) is 19.1 Å². The smallest absolute Gasteiger partial charge is 0.328 e. The number of hydrogen-bond donors (Lipinski definition) is 2. The molecular formula is C25H17FO5S. The van der Waals surface area contributed by atoms with Gasteiger partial charge in [0, 0.05) is 21.7 Å². The Morgan fingerprint density at radius 1 is 1.03 bits per heavy atom. The fourth-order valence-corrected chi connectivity index (χ4v) is 4.37. The zero-order valence-electron chi connectivity index (χ0n) is 16.8. The highest BCUT2D eigenvalue weighted by molar-refractivity contribution is 7.21. The fourth-order valence-electron chi connectivity index (χ4n) is 3.25. The van der Waals surface area contributed by atoms with Gasteiger partial charge in [-0.15, -0.1) is 11.3 Å². The highest BCUT2D eigenvalue weighted by atomic mass is 32.1. The average Bonchev–Trinajstić information content (AvgIpc) is 3.10. The van der Waals surface area contributed by atoms with Crippen molar-refractivity contribution in [2.45, 2.75) is 6.92 Å². The van der Waals surface area contributed by atoms with E-state index in [1.54, 1.807) is 43.3 Å². The van der Waals surface area contributed by atoms with Crippen LogP contribution in [0.1, 0.15) is 26.4 Å². The van der Waals surface area contributed by atoms with Crippen molar-refractivity contribution in [1.29, 1.82) is 0 Å². The minimum absolute atomic E-state index is 0.0665. The molecule has 1 heterocycles. The van der Waals surface area contributed by atoms with Crippen LogP contribution in [-0.4, -0.2) is 22.0 Å². The van der Waals surface area contributed by atoms with Gasteiger partial charge >= 0.3 is 5.97 Å². The molecule has 0 bridgehead atoms. The summed E-state index contributed by atoms with van der Waals surface area (Å²) in [5.74, 6) is -0.912. The Hall–Kier alpha value is -3.97. The van der Waals surface area contributed by atoms with Crippen LogP contribution in [0.2, 0.25) is 0 Å². The Morgan fingerprint density at radius 2 is 1.78 bits per heavy atom. The molecule has 0 aliphatic carbocycles. The summed E-state index contributed by atoms with van der Waals surface area (Å²) in [4.78, 5) is 24.3. The third-order valence-corrected chi connectivity index (χ3v) is 5.92. The lowest BCUT2D eigenvalue weighted by molar-refractivity contribution is -0.131. The van der Waals surface area contributed by atoms with Gasteiger partial charge in [0.1, 0.15) is 22.2 Å². The highest BCUT2D eigenvalue weighted by Gasteiger charge is 2.23. The first-order chi connectivity index (χ1) is 15.3. The minimum atomic E-state index is -1.04. The van der Waals surface area contributed by atoms with E-state index in [1.807, 2.05) is 0 Å². The van der Waals surface area contributed by atoms with E-state index in [-0.39, 0.29) is 11.5 Å². The van der Waals surface area contributed by atoms with Crippen LogP contribution in [0, 0.1) is 12.7 Å². The summed E-state index contributed by atoms with van der Waals surface area (Å²) >= 11 is 1.18. The third-order valence-electron chi connectivity index (χ3n) is 4.79. The molecule has 0 aliphatic rings. The second-order valence-corrected chi connectivity index (χ2v) is 8.12. The van der Waals surface area contributed by atoms with Gasteiger partial charge in [-0.3, -0.25) is 4.79 Å². The number of phenols is 1. The molecule has 3 aromatic carbocycles. The lowest BCUT2D eigenvalue weighted by Gasteiger charge is -2.09. The number of carboxylic acids is 1. The molecule has 0 saturated heterocycles. The Labute approximate surface area is 186 Å². The van der Waals surface area contributed by atoms with Crippen molar-refractivity contribution in [1.82, 2.24) is 0 Å². The van der Waals surface area contributed by atoms with Gasteiger partial charge in [-0.2, -0.15) is 0 Å². The molecule has 0 saturated carbocycles. The maximum Gasteiger partial charge on any atom is 0.328 e. The maximum atomic E-state index is 13.5. The molecule has 32 heavy (non-hydrogen) atoms. The number of carbonyl (C=O) groups is 2. The number of fused-ring (bicyclic) bond motifs is 1. The normalized spacial score (nSPS) is 11.2. The molecule has 0 atom stereocenters. The molecule has 0 aliphatic heterocycles. The molecule has 2 N–H and O–H groups in total. The van der Waals surface area contributed by atoms with Crippen LogP contribution in [0.25, 0.3) is 16.2 Å². The van der Waals surface area contributed by atoms with Crippen LogP contribution in [0.15, 0.2) is 66.7 Å². The van der Waals surface area contributed by atoms with Crippen molar-refractivity contribution in [3.63, 3.8) is 0 Å². The number of aliphatic carboxylic acids is 1. The second kappa shape index (κ2) is 8.64. The standard InChI is InChI=1S/C25H17FO5S/c1-14-12-16(26)5-9-19(14)23(30)25-24(20-10-6-17(27)13-21(20)32-25)31-18-7-2-15(3-8-18)4-11-22(28)29/h2-13,27H,1H3,(H,28,29)/b11-4+. The van der Waals surface area contributed by atoms with E-state index in [1.165, 1.54) is 41.7 Å². The van der Waals surface area contributed by atoms with Crippen molar-refractivity contribution in [3.8, 4) is 17.2 Å². The number of halogens is 1. The molecular weight excluding hydrogens is 431 g/mol. The first kappa shape index (κ1) is 21.3. The number of ether oxygens (including phenoxy) is 1. The summed E-state index contributed by atoms with van der Waals surface area (Å²) in [5, 5.41) is 19.3. The van der Waals surface area contributed by atoms with Crippen molar-refractivity contribution in [2.24, 2.45) is 0 Å². The van der Waals surface area contributed by atoms with Crippen molar-refractivity contribution in [3.05, 3.63) is 94.1 Å². The first-order valence-electron chi connectivity index (χ1n) is 9.57. The lowest BCUT2D eigenvalue weighted by Crippen LogP contribution is -2.03. The largest absolute Gasteiger partial charge is 0.508 e. The van der Waals surface area contributed by atoms with Gasteiger partial charge in [0.05, 0.1) is 0 Å². The Balaban J connectivity index is 1.76. The van der Waals surface area contributed by atoms with Crippen molar-refractivity contribution >= 4 is 39.3 Å². The van der Waals surface area contributed by atoms with Crippen LogP contribution < -0.4 is 4.74 Å². The van der Waals surface area contributed by atoms with Gasteiger partial charge in [-0.25, -0.2) is 9.18 Å². The predicted octanol–water partition coefficient (Wildman–Crippen LogP) is 6.18. The second-order valence-electron chi connectivity index (χ2n) is 7.07. The molecule has 0 radical (unpaired) electrons. The van der Waals surface area contributed by atoms with Crippen molar-refractivity contribution < 1.29 is 28.9 Å². The Kier molecular flexibility index (Phi) is 5.75. The summed E-state index contributed by atoms with van der Waals surface area (Å²) in [6.07, 6.45) is 2.50. The fraction of sp³-hybridized carbons (Fsp3) is 0.0400. The highest BCUT2D eigenvalue weighted by Crippen LogP contribution is 2.43. The summed E-state index contributed by atoms with van der Waals surface area (Å²) in [7, 11) is 0. The minimum Gasteiger partial charge on any atom is -0.508 e. The topological polar surface area (TPSA) is 83.8 Å². The molecule has 0 unspecified atom stereocenters. The van der Waals surface area contributed by atoms with Crippen LogP contribution in [0.3, 0.4) is 0 Å². The van der Waals surface area contributed by atoms with Crippen LogP contribution >= 0.6 is 11.3 Å². The molecule has 7 heteroatoms. The zero-order chi connectivity index (χ0) is 22.8. The number of thiophene rings is 1. The molecule has 160 valence electrons. The number of hydrogen-bond acceptors (Lipinski definition) is 5. The van der Waals surface area contributed by atoms with Gasteiger partial charge in [-0.05, 0) is 72.7 Å². The van der Waals surface area contributed by atoms with Gasteiger partial charge in [-0.1, -0.05) is 12.1 Å². The van der Waals surface area contributed by atoms with E-state index < -0.39 is 11.8 Å². The number of benzene rings is 3. The lowest BCUT2D eigenvalue weighted by atomic mass is 10.0. The number of carbonyl (C=O) groups excluding carboxylic acids is 1. The van der Waals surface area contributed by atoms with Gasteiger partial charge < -0.3 is 14.9 Å². The molecule has 5 nitrogen and oxygen atoms in total. The molecule has 0 spiro atoms. The maximum absolute atomic E-state index is 13.5. The van der Waals surface area contributed by atoms with E-state index in [0.717, 1.165) is 6.08 Å². The predicted molar refractivity (Wildman–Crippen MR) is 121 cm³/mol. The van der Waals surface area contributed by atoms with Crippen LogP contribution in [0.5, 0.6) is 17.2 Å². The SMILES string of the molecule is Cc1cc(F)ccc1C(=O)c1sc2cc(O)ccc2c1Oc1ccc(/C=C/C(=O)O)cc1. The van der Waals surface area contributed by atoms with E-state index in [4.69, 9.17) is 9.84 Å². The van der Waals surface area contributed by atoms with Crippen molar-refractivity contribution in [2.75, 3.05) is 0 Å². The van der Waals surface area contributed by atoms with E-state index in [0.29, 0.717) is 43.2 Å². The zero-order valence-corrected chi connectivity index (χ0v) is 17.7. The van der Waals surface area contributed by atoms with Gasteiger partial charge in [0.25, 0.3) is 0 Å². The molecule has 0 amide bonds. The number of aromatic hydroxyl groups is 1. The first-order valence-corrected chi connectivity index (χ1v) is 10.4. The summed E-state index contributed by atoms with van der Waals surface area (Å²) in [6, 6.07) is 15.5. The summed E-state index contributed by atoms with van der Waals surface area (Å²) in [5.41, 5.74) is 1.55.